The van der Waals surface area contributed by atoms with E-state index in [1.807, 2.05) is 54.6 Å². The number of rotatable bonds is 11. The van der Waals surface area contributed by atoms with Gasteiger partial charge in [0, 0.05) is 19.5 Å². The van der Waals surface area contributed by atoms with Gasteiger partial charge in [0.25, 0.3) is 5.56 Å². The number of carbonyl (C=O) groups is 1. The summed E-state index contributed by atoms with van der Waals surface area (Å²) in [6.07, 6.45) is 3.66. The van der Waals surface area contributed by atoms with E-state index in [0.29, 0.717) is 17.4 Å². The van der Waals surface area contributed by atoms with E-state index >= 15 is 0 Å². The molecule has 0 unspecified atom stereocenters. The van der Waals surface area contributed by atoms with Crippen molar-refractivity contribution in [3.8, 4) is 0 Å². The van der Waals surface area contributed by atoms with Crippen LogP contribution < -0.4 is 20.9 Å². The average Bonchev–Trinajstić information content (AvgIpc) is 3.48. The fourth-order valence-electron chi connectivity index (χ4n) is 4.68. The van der Waals surface area contributed by atoms with Gasteiger partial charge in [-0.2, -0.15) is 0 Å². The number of nitrogens with one attached hydrogen (secondary N) is 4. The third-order valence-corrected chi connectivity index (χ3v) is 8.07. The summed E-state index contributed by atoms with van der Waals surface area (Å²) in [5.41, 5.74) is 1.59. The molecule has 11 nitrogen and oxygen atoms in total. The van der Waals surface area contributed by atoms with Crippen molar-refractivity contribution in [1.82, 2.24) is 25.3 Å². The van der Waals surface area contributed by atoms with Crippen molar-refractivity contribution < 1.29 is 18.3 Å². The van der Waals surface area contributed by atoms with Crippen LogP contribution in [0.25, 0.3) is 27.8 Å². The van der Waals surface area contributed by atoms with E-state index in [9.17, 15) is 23.1 Å². The fraction of sp³-hybridized carbons (Fsp3) is 0.241. The Kier molecular flexibility index (Phi) is 8.41. The van der Waals surface area contributed by atoms with E-state index < -0.39 is 27.6 Å². The van der Waals surface area contributed by atoms with Crippen molar-refractivity contribution in [1.29, 1.82) is 0 Å². The van der Waals surface area contributed by atoms with Gasteiger partial charge in [0.1, 0.15) is 11.9 Å². The summed E-state index contributed by atoms with van der Waals surface area (Å²) >= 11 is 0. The lowest BCUT2D eigenvalue weighted by Gasteiger charge is -2.15. The van der Waals surface area contributed by atoms with Crippen molar-refractivity contribution in [2.24, 2.45) is 4.99 Å². The molecule has 212 valence electrons. The smallest absolute Gasteiger partial charge is 0.322 e. The molecular weight excluding hydrogens is 544 g/mol. The normalized spacial score (nSPS) is 14.3. The Balaban J connectivity index is 1.25. The number of guanidine groups is 1. The van der Waals surface area contributed by atoms with E-state index in [0.717, 1.165) is 40.9 Å². The molecule has 0 radical (unpaired) electrons. The standard InChI is InChI=1S/C29H30N6O5S/c36-27-23-17-19(5-4-13-30-29-31-14-15-32-29)10-11-24(23)33-26(34-27)18-25(28(37)38)35-41(39,40)16-12-21-8-3-7-20-6-1-2-9-22(20)21/h1-11,17,25,35H,12-16,18H2,(H,37,38)(H2,30,31,32)(H,33,34,36)/t25-/m0/s1. The van der Waals surface area contributed by atoms with Crippen LogP contribution in [0, 0.1) is 0 Å². The Hall–Kier alpha value is -4.55. The van der Waals surface area contributed by atoms with Crippen LogP contribution >= 0.6 is 0 Å². The zero-order valence-electron chi connectivity index (χ0n) is 22.1. The van der Waals surface area contributed by atoms with Crippen LogP contribution in [0.5, 0.6) is 0 Å². The fourth-order valence-corrected chi connectivity index (χ4v) is 5.90. The van der Waals surface area contributed by atoms with Crippen molar-refractivity contribution in [3.63, 3.8) is 0 Å². The number of carboxylic acid groups (broad SMARTS) is 1. The second kappa shape index (κ2) is 12.3. The third-order valence-electron chi connectivity index (χ3n) is 6.69. The minimum absolute atomic E-state index is 0.0731. The number of hydrogen-bond donors (Lipinski definition) is 5. The zero-order valence-corrected chi connectivity index (χ0v) is 22.9. The van der Waals surface area contributed by atoms with Gasteiger partial charge >= 0.3 is 5.97 Å². The van der Waals surface area contributed by atoms with Crippen LogP contribution in [0.3, 0.4) is 0 Å². The number of aliphatic carboxylic acids is 1. The zero-order chi connectivity index (χ0) is 28.8. The van der Waals surface area contributed by atoms with Gasteiger partial charge in [-0.3, -0.25) is 14.6 Å². The van der Waals surface area contributed by atoms with Gasteiger partial charge < -0.3 is 20.7 Å². The average molecular weight is 575 g/mol. The van der Waals surface area contributed by atoms with Gasteiger partial charge in [0.2, 0.25) is 10.0 Å². The highest BCUT2D eigenvalue weighted by Gasteiger charge is 2.25. The number of fused-ring (bicyclic) bond motifs is 2. The van der Waals surface area contributed by atoms with Gasteiger partial charge in [0.15, 0.2) is 5.96 Å². The first-order valence-corrected chi connectivity index (χ1v) is 14.8. The lowest BCUT2D eigenvalue weighted by Crippen LogP contribution is -2.44. The number of sulfonamides is 1. The molecule has 0 amide bonds. The SMILES string of the molecule is O=C(O)[C@H](Cc1nc2ccc(C=CCNC3=NCCN3)cc2c(=O)[nH]1)NS(=O)(=O)CCc1cccc2ccccc12. The van der Waals surface area contributed by atoms with Crippen molar-refractivity contribution in [3.05, 3.63) is 94.0 Å². The Labute approximate surface area is 236 Å². The van der Waals surface area contributed by atoms with Gasteiger partial charge in [-0.15, -0.1) is 0 Å². The molecule has 0 saturated carbocycles. The van der Waals surface area contributed by atoms with Crippen LogP contribution in [-0.2, 0) is 27.7 Å². The molecule has 41 heavy (non-hydrogen) atoms. The van der Waals surface area contributed by atoms with E-state index in [1.165, 1.54) is 0 Å². The highest BCUT2D eigenvalue weighted by molar-refractivity contribution is 7.89. The largest absolute Gasteiger partial charge is 0.480 e. The molecule has 1 atom stereocenters. The van der Waals surface area contributed by atoms with Crippen LogP contribution in [0.2, 0.25) is 0 Å². The maximum absolute atomic E-state index is 12.9. The number of aryl methyl sites for hydroxylation is 1. The molecular formula is C29H30N6O5S. The minimum atomic E-state index is -3.96. The number of H-pyrrole nitrogens is 1. The van der Waals surface area contributed by atoms with Gasteiger partial charge in [0.05, 0.1) is 23.2 Å². The highest BCUT2D eigenvalue weighted by atomic mass is 32.2. The maximum Gasteiger partial charge on any atom is 0.322 e. The number of aromatic nitrogens is 2. The molecule has 0 saturated heterocycles. The first kappa shape index (κ1) is 28.0. The van der Waals surface area contributed by atoms with Crippen LogP contribution in [0.15, 0.2) is 76.5 Å². The Morgan fingerprint density at radius 2 is 1.93 bits per heavy atom. The summed E-state index contributed by atoms with van der Waals surface area (Å²) in [5.74, 6) is -0.825. The number of benzene rings is 3. The van der Waals surface area contributed by atoms with Gasteiger partial charge in [-0.05, 0) is 40.5 Å². The summed E-state index contributed by atoms with van der Waals surface area (Å²) in [7, 11) is -3.96. The molecule has 12 heteroatoms. The van der Waals surface area contributed by atoms with E-state index in [4.69, 9.17) is 0 Å². The second-order valence-electron chi connectivity index (χ2n) is 9.65. The molecule has 5 N–H and O–H groups in total. The van der Waals surface area contributed by atoms with Crippen LogP contribution in [0.1, 0.15) is 17.0 Å². The number of hydrogen-bond acceptors (Lipinski definition) is 8. The summed E-state index contributed by atoms with van der Waals surface area (Å²) < 4.78 is 28.0. The number of aliphatic imine (C=N–C) groups is 1. The Morgan fingerprint density at radius 3 is 2.73 bits per heavy atom. The molecule has 4 aromatic rings. The van der Waals surface area contributed by atoms with E-state index in [2.05, 4.69) is 30.3 Å². The second-order valence-corrected chi connectivity index (χ2v) is 11.5. The highest BCUT2D eigenvalue weighted by Crippen LogP contribution is 2.19. The summed E-state index contributed by atoms with van der Waals surface area (Å²) in [6, 6.07) is 17.0. The molecule has 1 aromatic heterocycles. The van der Waals surface area contributed by atoms with Crippen molar-refractivity contribution in [2.45, 2.75) is 18.9 Å². The predicted octanol–water partition coefficient (Wildman–Crippen LogP) is 1.80. The summed E-state index contributed by atoms with van der Waals surface area (Å²) in [5, 5.41) is 18.3. The molecule has 0 bridgehead atoms. The van der Waals surface area contributed by atoms with Gasteiger partial charge in [-0.25, -0.2) is 18.1 Å². The van der Waals surface area contributed by atoms with E-state index in [-0.39, 0.29) is 24.4 Å². The molecule has 2 heterocycles. The monoisotopic (exact) mass is 574 g/mol. The molecule has 0 spiro atoms. The molecule has 1 aliphatic heterocycles. The number of aromatic amines is 1. The van der Waals surface area contributed by atoms with Crippen molar-refractivity contribution >= 4 is 49.7 Å². The van der Waals surface area contributed by atoms with Crippen LogP contribution in [-0.4, -0.2) is 66.9 Å². The van der Waals surface area contributed by atoms with Crippen molar-refractivity contribution in [2.75, 3.05) is 25.4 Å². The Morgan fingerprint density at radius 1 is 1.10 bits per heavy atom. The maximum atomic E-state index is 12.9. The lowest BCUT2D eigenvalue weighted by molar-refractivity contribution is -0.139. The third kappa shape index (κ3) is 7.16. The lowest BCUT2D eigenvalue weighted by atomic mass is 10.0. The molecule has 3 aromatic carbocycles. The predicted molar refractivity (Wildman–Crippen MR) is 159 cm³/mol. The first-order valence-electron chi connectivity index (χ1n) is 13.2. The molecule has 1 aliphatic rings. The number of nitrogens with zero attached hydrogens (tertiary/aromatic N) is 2. The summed E-state index contributed by atoms with van der Waals surface area (Å²) in [4.78, 5) is 36.0. The van der Waals surface area contributed by atoms with Gasteiger partial charge in [-0.1, -0.05) is 60.7 Å². The Bertz CT molecular complexity index is 1810. The quantitative estimate of drug-likeness (QED) is 0.181. The minimum Gasteiger partial charge on any atom is -0.480 e. The molecule has 0 aliphatic carbocycles. The molecule has 5 rings (SSSR count). The first-order chi connectivity index (χ1) is 19.8. The van der Waals surface area contributed by atoms with E-state index in [1.54, 1.807) is 18.2 Å². The van der Waals surface area contributed by atoms with Crippen LogP contribution in [0.4, 0.5) is 0 Å². The topological polar surface area (TPSA) is 166 Å². The number of carboxylic acids is 1. The summed E-state index contributed by atoms with van der Waals surface area (Å²) in [6.45, 7) is 2.13. The molecule has 0 fully saturated rings.